The Hall–Kier alpha value is -1.97. The van der Waals surface area contributed by atoms with Crippen molar-refractivity contribution in [3.05, 3.63) is 27.7 Å². The van der Waals surface area contributed by atoms with Crippen molar-refractivity contribution in [1.29, 1.82) is 0 Å². The van der Waals surface area contributed by atoms with Gasteiger partial charge in [-0.15, -0.1) is 11.3 Å². The Morgan fingerprint density at radius 1 is 1.57 bits per heavy atom. The van der Waals surface area contributed by atoms with Crippen molar-refractivity contribution in [1.82, 2.24) is 9.97 Å². The van der Waals surface area contributed by atoms with Crippen LogP contribution in [-0.4, -0.2) is 43.5 Å². The lowest BCUT2D eigenvalue weighted by molar-refractivity contribution is -0.0392. The molecule has 5 atom stereocenters. The molecule has 4 N–H and O–H groups in total. The predicted octanol–water partition coefficient (Wildman–Crippen LogP) is 1.28. The summed E-state index contributed by atoms with van der Waals surface area (Å²) < 4.78 is 6.70. The molecular formula is C13H14N6O3S. The van der Waals surface area contributed by atoms with Crippen LogP contribution in [0.25, 0.3) is 20.7 Å². The average molecular weight is 334 g/mol. The van der Waals surface area contributed by atoms with Gasteiger partial charge in [0.05, 0.1) is 16.3 Å². The molecule has 2 aromatic heterocycles. The summed E-state index contributed by atoms with van der Waals surface area (Å²) in [4.78, 5) is 11.0. The van der Waals surface area contributed by atoms with Crippen molar-refractivity contribution >= 4 is 27.4 Å². The second-order valence-corrected chi connectivity index (χ2v) is 6.67. The van der Waals surface area contributed by atoms with Gasteiger partial charge in [0, 0.05) is 10.5 Å². The SMILES string of the molecule is CCC12OC(c3csc4c(N)ncnc34)C(N=[N+]=[N-])C1(O)C2O. The van der Waals surface area contributed by atoms with Gasteiger partial charge < -0.3 is 20.7 Å². The van der Waals surface area contributed by atoms with Crippen LogP contribution in [0.15, 0.2) is 16.8 Å². The Bertz CT molecular complexity index is 851. The maximum atomic E-state index is 10.8. The number of hydrogen-bond acceptors (Lipinski definition) is 8. The number of aliphatic hydroxyl groups excluding tert-OH is 1. The molecule has 10 heteroatoms. The first-order chi connectivity index (χ1) is 11.0. The van der Waals surface area contributed by atoms with Crippen LogP contribution in [0.5, 0.6) is 0 Å². The third-order valence-electron chi connectivity index (χ3n) is 4.94. The third-order valence-corrected chi connectivity index (χ3v) is 5.95. The normalized spacial score (nSPS) is 38.3. The van der Waals surface area contributed by atoms with Gasteiger partial charge in [0.2, 0.25) is 0 Å². The number of rotatable bonds is 3. The van der Waals surface area contributed by atoms with E-state index in [4.69, 9.17) is 16.0 Å². The van der Waals surface area contributed by atoms with E-state index in [0.29, 0.717) is 28.0 Å². The largest absolute Gasteiger partial charge is 0.387 e. The fourth-order valence-corrected chi connectivity index (χ4v) is 4.62. The lowest BCUT2D eigenvalue weighted by Crippen LogP contribution is -2.33. The molecule has 1 saturated heterocycles. The highest BCUT2D eigenvalue weighted by Crippen LogP contribution is 2.66. The van der Waals surface area contributed by atoms with Gasteiger partial charge in [-0.05, 0) is 17.3 Å². The Morgan fingerprint density at radius 3 is 3.04 bits per heavy atom. The predicted molar refractivity (Wildman–Crippen MR) is 82.6 cm³/mol. The highest BCUT2D eigenvalue weighted by atomic mass is 32.1. The van der Waals surface area contributed by atoms with Gasteiger partial charge in [0.15, 0.2) is 0 Å². The van der Waals surface area contributed by atoms with Crippen molar-refractivity contribution in [3.63, 3.8) is 0 Å². The third kappa shape index (κ3) is 1.54. The molecule has 0 aromatic carbocycles. The summed E-state index contributed by atoms with van der Waals surface area (Å²) in [6.07, 6.45) is -0.0121. The molecule has 1 aliphatic carbocycles. The summed E-state index contributed by atoms with van der Waals surface area (Å²) in [5.41, 5.74) is 13.3. The first-order valence-electron chi connectivity index (χ1n) is 7.11. The minimum atomic E-state index is -1.58. The van der Waals surface area contributed by atoms with Crippen LogP contribution in [-0.2, 0) is 4.74 Å². The second kappa shape index (κ2) is 4.53. The van der Waals surface area contributed by atoms with E-state index < -0.39 is 29.5 Å². The molecule has 1 aliphatic heterocycles. The Morgan fingerprint density at radius 2 is 2.35 bits per heavy atom. The van der Waals surface area contributed by atoms with Crippen molar-refractivity contribution < 1.29 is 14.9 Å². The number of azide groups is 1. The molecule has 0 bridgehead atoms. The number of ether oxygens (including phenoxy) is 1. The standard InChI is InChI=1S/C13H14N6O3S/c1-2-12-11(20)13(12,21)9(18-19-15)7(22-12)5-3-23-8-6(5)16-4-17-10(8)14/h3-4,7,9,11,20-21H,2H2,1H3,(H2,14,16,17). The topological polar surface area (TPSA) is 150 Å². The molecule has 1 saturated carbocycles. The first kappa shape index (κ1) is 14.6. The van der Waals surface area contributed by atoms with E-state index in [-0.39, 0.29) is 0 Å². The number of nitrogens with zero attached hydrogens (tertiary/aromatic N) is 5. The van der Waals surface area contributed by atoms with Crippen LogP contribution in [0.1, 0.15) is 25.0 Å². The summed E-state index contributed by atoms with van der Waals surface area (Å²) in [6.45, 7) is 1.81. The number of anilines is 1. The van der Waals surface area contributed by atoms with Gasteiger partial charge in [-0.3, -0.25) is 0 Å². The molecule has 120 valence electrons. The average Bonchev–Trinajstić information content (AvgIpc) is 2.89. The van der Waals surface area contributed by atoms with E-state index in [1.807, 2.05) is 12.3 Å². The first-order valence-corrected chi connectivity index (χ1v) is 7.99. The number of thiophene rings is 1. The molecule has 0 spiro atoms. The van der Waals surface area contributed by atoms with E-state index in [2.05, 4.69) is 20.0 Å². The van der Waals surface area contributed by atoms with E-state index >= 15 is 0 Å². The molecule has 0 amide bonds. The van der Waals surface area contributed by atoms with E-state index in [1.54, 1.807) is 0 Å². The molecule has 23 heavy (non-hydrogen) atoms. The Balaban J connectivity index is 1.85. The van der Waals surface area contributed by atoms with Crippen molar-refractivity contribution in [3.8, 4) is 0 Å². The second-order valence-electron chi connectivity index (χ2n) is 5.79. The Labute approximate surface area is 134 Å². The molecular weight excluding hydrogens is 320 g/mol. The quantitative estimate of drug-likeness (QED) is 0.437. The minimum Gasteiger partial charge on any atom is -0.387 e. The van der Waals surface area contributed by atoms with Crippen molar-refractivity contribution in [2.24, 2.45) is 5.11 Å². The van der Waals surface area contributed by atoms with Crippen LogP contribution < -0.4 is 5.73 Å². The van der Waals surface area contributed by atoms with Crippen LogP contribution in [0.2, 0.25) is 0 Å². The van der Waals surface area contributed by atoms with Crippen LogP contribution in [0.3, 0.4) is 0 Å². The van der Waals surface area contributed by atoms with Crippen LogP contribution >= 0.6 is 11.3 Å². The zero-order valence-corrected chi connectivity index (χ0v) is 12.9. The van der Waals surface area contributed by atoms with E-state index in [9.17, 15) is 10.2 Å². The smallest absolute Gasteiger partial charge is 0.144 e. The molecule has 0 radical (unpaired) electrons. The number of nitrogens with two attached hydrogens (primary N) is 1. The highest BCUT2D eigenvalue weighted by Gasteiger charge is 2.85. The highest BCUT2D eigenvalue weighted by molar-refractivity contribution is 7.17. The van der Waals surface area contributed by atoms with Gasteiger partial charge in [-0.1, -0.05) is 12.0 Å². The lowest BCUT2D eigenvalue weighted by atomic mass is 9.98. The summed E-state index contributed by atoms with van der Waals surface area (Å²) in [5.74, 6) is 0.360. The van der Waals surface area contributed by atoms with Gasteiger partial charge in [0.1, 0.15) is 35.5 Å². The number of fused-ring (bicyclic) bond motifs is 2. The van der Waals surface area contributed by atoms with Gasteiger partial charge >= 0.3 is 0 Å². The van der Waals surface area contributed by atoms with Gasteiger partial charge in [-0.2, -0.15) is 0 Å². The fourth-order valence-electron chi connectivity index (χ4n) is 3.67. The minimum absolute atomic E-state index is 0.360. The molecule has 4 rings (SSSR count). The maximum Gasteiger partial charge on any atom is 0.144 e. The fraction of sp³-hybridized carbons (Fsp3) is 0.538. The summed E-state index contributed by atoms with van der Waals surface area (Å²) in [5, 5.41) is 26.4. The molecule has 2 aliphatic rings. The molecule has 3 heterocycles. The lowest BCUT2D eigenvalue weighted by Gasteiger charge is -2.21. The van der Waals surface area contributed by atoms with Crippen LogP contribution in [0, 0.1) is 0 Å². The number of aromatic nitrogens is 2. The Kier molecular flexibility index (Phi) is 2.88. The van der Waals surface area contributed by atoms with Gasteiger partial charge in [0.25, 0.3) is 0 Å². The molecule has 2 aromatic rings. The van der Waals surface area contributed by atoms with Crippen molar-refractivity contribution in [2.75, 3.05) is 5.73 Å². The molecule has 2 fully saturated rings. The summed E-state index contributed by atoms with van der Waals surface area (Å²) in [6, 6.07) is -0.934. The number of hydrogen-bond donors (Lipinski definition) is 3. The zero-order valence-electron chi connectivity index (χ0n) is 12.1. The van der Waals surface area contributed by atoms with Crippen molar-refractivity contribution in [2.45, 2.75) is 42.8 Å². The molecule has 5 unspecified atom stereocenters. The number of nitrogen functional groups attached to an aromatic ring is 1. The summed E-state index contributed by atoms with van der Waals surface area (Å²) >= 11 is 1.36. The zero-order chi connectivity index (χ0) is 16.4. The number of aliphatic hydroxyl groups is 2. The van der Waals surface area contributed by atoms with E-state index in [1.165, 1.54) is 17.7 Å². The monoisotopic (exact) mass is 334 g/mol. The van der Waals surface area contributed by atoms with E-state index in [0.717, 1.165) is 0 Å². The van der Waals surface area contributed by atoms with Gasteiger partial charge in [-0.25, -0.2) is 9.97 Å². The maximum absolute atomic E-state index is 10.8. The van der Waals surface area contributed by atoms with Crippen LogP contribution in [0.4, 0.5) is 5.82 Å². The summed E-state index contributed by atoms with van der Waals surface area (Å²) in [7, 11) is 0. The molecule has 9 nitrogen and oxygen atoms in total.